The molecule has 0 aliphatic carbocycles. The van der Waals surface area contributed by atoms with Crippen molar-refractivity contribution < 1.29 is 14.0 Å². The van der Waals surface area contributed by atoms with Crippen LogP contribution in [0.2, 0.25) is 0 Å². The number of para-hydroxylation sites is 1. The Bertz CT molecular complexity index is 1290. The topological polar surface area (TPSA) is 101 Å². The van der Waals surface area contributed by atoms with E-state index in [1.165, 1.54) is 16.8 Å². The van der Waals surface area contributed by atoms with Crippen LogP contribution in [0.25, 0.3) is 5.69 Å². The molecule has 1 heterocycles. The van der Waals surface area contributed by atoms with Gasteiger partial charge in [-0.2, -0.15) is 0 Å². The van der Waals surface area contributed by atoms with Crippen molar-refractivity contribution in [1.29, 1.82) is 0 Å². The van der Waals surface area contributed by atoms with Crippen molar-refractivity contribution in [3.05, 3.63) is 102 Å². The van der Waals surface area contributed by atoms with Gasteiger partial charge in [0.25, 0.3) is 5.91 Å². The number of rotatable bonds is 6. The van der Waals surface area contributed by atoms with E-state index in [9.17, 15) is 14.0 Å². The summed E-state index contributed by atoms with van der Waals surface area (Å²) in [5.41, 5.74) is 2.76. The standard InChI is InChI=1S/C25H23FN6O2/c1-16(18-8-12-21(13-9-18)30-25(34)29-20-6-4-3-5-7-20)27-24(33)23-28-17(2)32(31-23)22-14-10-19(26)11-15-22/h3-16H,1-2H3,(H,27,33)(H2,29,30,34). The predicted molar refractivity (Wildman–Crippen MR) is 127 cm³/mol. The first-order valence-electron chi connectivity index (χ1n) is 10.6. The quantitative estimate of drug-likeness (QED) is 0.384. The lowest BCUT2D eigenvalue weighted by atomic mass is 10.1. The maximum Gasteiger partial charge on any atom is 0.323 e. The second-order valence-corrected chi connectivity index (χ2v) is 7.63. The number of urea groups is 1. The van der Waals surface area contributed by atoms with E-state index in [0.29, 0.717) is 22.9 Å². The molecule has 3 aromatic carbocycles. The molecule has 1 atom stereocenters. The predicted octanol–water partition coefficient (Wildman–Crippen LogP) is 4.85. The molecule has 1 unspecified atom stereocenters. The Kier molecular flexibility index (Phi) is 6.63. The normalized spacial score (nSPS) is 11.5. The number of aryl methyl sites for hydroxylation is 1. The third-order valence-electron chi connectivity index (χ3n) is 5.09. The van der Waals surface area contributed by atoms with Gasteiger partial charge in [0.05, 0.1) is 11.7 Å². The highest BCUT2D eigenvalue weighted by Crippen LogP contribution is 2.17. The zero-order chi connectivity index (χ0) is 24.1. The highest BCUT2D eigenvalue weighted by atomic mass is 19.1. The molecule has 4 rings (SSSR count). The minimum Gasteiger partial charge on any atom is -0.343 e. The van der Waals surface area contributed by atoms with E-state index in [0.717, 1.165) is 5.56 Å². The molecule has 34 heavy (non-hydrogen) atoms. The van der Waals surface area contributed by atoms with Gasteiger partial charge in [-0.25, -0.2) is 18.9 Å². The number of carbonyl (C=O) groups excluding carboxylic acids is 2. The number of hydrogen-bond donors (Lipinski definition) is 3. The number of nitrogens with zero attached hydrogens (tertiary/aromatic N) is 3. The Morgan fingerprint density at radius 3 is 2.15 bits per heavy atom. The van der Waals surface area contributed by atoms with E-state index in [2.05, 4.69) is 26.0 Å². The maximum atomic E-state index is 13.2. The van der Waals surface area contributed by atoms with Gasteiger partial charge in [-0.15, -0.1) is 5.10 Å². The van der Waals surface area contributed by atoms with Gasteiger partial charge in [-0.3, -0.25) is 4.79 Å². The molecule has 172 valence electrons. The van der Waals surface area contributed by atoms with Gasteiger partial charge in [-0.05, 0) is 67.9 Å². The summed E-state index contributed by atoms with van der Waals surface area (Å²) in [7, 11) is 0. The van der Waals surface area contributed by atoms with Crippen LogP contribution >= 0.6 is 0 Å². The summed E-state index contributed by atoms with van der Waals surface area (Å²) in [6.07, 6.45) is 0. The van der Waals surface area contributed by atoms with Crippen molar-refractivity contribution in [2.24, 2.45) is 0 Å². The van der Waals surface area contributed by atoms with Gasteiger partial charge >= 0.3 is 6.03 Å². The first-order valence-corrected chi connectivity index (χ1v) is 10.6. The Labute approximate surface area is 195 Å². The molecular formula is C25H23FN6O2. The Morgan fingerprint density at radius 1 is 0.882 bits per heavy atom. The Hall–Kier alpha value is -4.53. The maximum absolute atomic E-state index is 13.2. The number of hydrogen-bond acceptors (Lipinski definition) is 4. The third-order valence-corrected chi connectivity index (χ3v) is 5.09. The highest BCUT2D eigenvalue weighted by molar-refractivity contribution is 5.99. The molecule has 4 aromatic rings. The number of carbonyl (C=O) groups is 2. The summed E-state index contributed by atoms with van der Waals surface area (Å²) >= 11 is 0. The van der Waals surface area contributed by atoms with Gasteiger partial charge in [-0.1, -0.05) is 30.3 Å². The Morgan fingerprint density at radius 2 is 1.50 bits per heavy atom. The largest absolute Gasteiger partial charge is 0.343 e. The van der Waals surface area contributed by atoms with E-state index in [1.54, 1.807) is 43.3 Å². The summed E-state index contributed by atoms with van der Waals surface area (Å²) in [6.45, 7) is 3.56. The van der Waals surface area contributed by atoms with Gasteiger partial charge in [0.15, 0.2) is 0 Å². The molecule has 0 radical (unpaired) electrons. The zero-order valence-electron chi connectivity index (χ0n) is 18.6. The van der Waals surface area contributed by atoms with Crippen LogP contribution in [0.3, 0.4) is 0 Å². The van der Waals surface area contributed by atoms with Crippen molar-refractivity contribution in [2.75, 3.05) is 10.6 Å². The van der Waals surface area contributed by atoms with E-state index in [1.807, 2.05) is 37.3 Å². The summed E-state index contributed by atoms with van der Waals surface area (Å²) in [6, 6.07) is 21.4. The summed E-state index contributed by atoms with van der Waals surface area (Å²) in [5, 5.41) is 12.6. The lowest BCUT2D eigenvalue weighted by Gasteiger charge is -2.14. The first kappa shape index (κ1) is 22.7. The van der Waals surface area contributed by atoms with Gasteiger partial charge in [0, 0.05) is 11.4 Å². The summed E-state index contributed by atoms with van der Waals surface area (Å²) in [5.74, 6) is -0.259. The van der Waals surface area contributed by atoms with E-state index >= 15 is 0 Å². The zero-order valence-corrected chi connectivity index (χ0v) is 18.6. The number of halogens is 1. The van der Waals surface area contributed by atoms with Crippen molar-refractivity contribution in [3.63, 3.8) is 0 Å². The molecule has 8 nitrogen and oxygen atoms in total. The molecule has 0 spiro atoms. The second kappa shape index (κ2) is 9.95. The number of anilines is 2. The van der Waals surface area contributed by atoms with Crippen molar-refractivity contribution in [3.8, 4) is 5.69 Å². The fourth-order valence-corrected chi connectivity index (χ4v) is 3.33. The SMILES string of the molecule is Cc1nc(C(=O)NC(C)c2ccc(NC(=O)Nc3ccccc3)cc2)nn1-c1ccc(F)cc1. The molecule has 0 aliphatic rings. The van der Waals surface area contributed by atoms with Crippen LogP contribution in [0.15, 0.2) is 78.9 Å². The minimum absolute atomic E-state index is 0.0181. The van der Waals surface area contributed by atoms with Crippen molar-refractivity contribution in [1.82, 2.24) is 20.1 Å². The lowest BCUT2D eigenvalue weighted by molar-refractivity contribution is 0.0929. The average Bonchev–Trinajstić information content (AvgIpc) is 3.22. The van der Waals surface area contributed by atoms with Gasteiger partial charge < -0.3 is 16.0 Å². The van der Waals surface area contributed by atoms with Crippen LogP contribution in [0.1, 0.15) is 35.0 Å². The lowest BCUT2D eigenvalue weighted by Crippen LogP contribution is -2.27. The van der Waals surface area contributed by atoms with E-state index in [-0.39, 0.29) is 23.7 Å². The molecule has 3 N–H and O–H groups in total. The highest BCUT2D eigenvalue weighted by Gasteiger charge is 2.18. The fraction of sp³-hybridized carbons (Fsp3) is 0.120. The molecular weight excluding hydrogens is 435 g/mol. The van der Waals surface area contributed by atoms with Crippen LogP contribution in [0.5, 0.6) is 0 Å². The van der Waals surface area contributed by atoms with Gasteiger partial charge in [0.1, 0.15) is 11.6 Å². The Balaban J connectivity index is 1.36. The number of aromatic nitrogens is 3. The first-order chi connectivity index (χ1) is 16.4. The summed E-state index contributed by atoms with van der Waals surface area (Å²) < 4.78 is 14.7. The van der Waals surface area contributed by atoms with Crippen LogP contribution < -0.4 is 16.0 Å². The smallest absolute Gasteiger partial charge is 0.323 e. The van der Waals surface area contributed by atoms with Gasteiger partial charge in [0.2, 0.25) is 5.82 Å². The molecule has 9 heteroatoms. The van der Waals surface area contributed by atoms with Crippen molar-refractivity contribution in [2.45, 2.75) is 19.9 Å². The second-order valence-electron chi connectivity index (χ2n) is 7.63. The van der Waals surface area contributed by atoms with Crippen LogP contribution in [-0.4, -0.2) is 26.7 Å². The molecule has 1 aromatic heterocycles. The monoisotopic (exact) mass is 458 g/mol. The number of benzene rings is 3. The fourth-order valence-electron chi connectivity index (χ4n) is 3.33. The molecule has 0 saturated heterocycles. The molecule has 0 saturated carbocycles. The van der Waals surface area contributed by atoms with Crippen LogP contribution in [0, 0.1) is 12.7 Å². The molecule has 3 amide bonds. The number of nitrogens with one attached hydrogen (secondary N) is 3. The molecule has 0 bridgehead atoms. The minimum atomic E-state index is -0.430. The van der Waals surface area contributed by atoms with E-state index in [4.69, 9.17) is 0 Å². The number of amides is 3. The van der Waals surface area contributed by atoms with Crippen LogP contribution in [-0.2, 0) is 0 Å². The van der Waals surface area contributed by atoms with E-state index < -0.39 is 5.91 Å². The summed E-state index contributed by atoms with van der Waals surface area (Å²) in [4.78, 5) is 29.1. The third kappa shape index (κ3) is 5.44. The molecule has 0 aliphatic heterocycles. The average molecular weight is 458 g/mol. The molecule has 0 fully saturated rings. The van der Waals surface area contributed by atoms with Crippen LogP contribution in [0.4, 0.5) is 20.6 Å². The van der Waals surface area contributed by atoms with Crippen molar-refractivity contribution >= 4 is 23.3 Å².